The molecule has 2 unspecified atom stereocenters. The Hall–Kier alpha value is -2.02. The van der Waals surface area contributed by atoms with Gasteiger partial charge < -0.3 is 4.90 Å². The maximum atomic E-state index is 13.3. The molecule has 0 spiro atoms. The number of amides is 1. The van der Waals surface area contributed by atoms with E-state index in [1.165, 1.54) is 25.1 Å². The Bertz CT molecular complexity index is 1250. The minimum atomic E-state index is -5.15. The number of rotatable bonds is 5. The van der Waals surface area contributed by atoms with Gasteiger partial charge >= 0.3 is 12.4 Å². The summed E-state index contributed by atoms with van der Waals surface area (Å²) in [5.74, 6) is -1.15. The van der Waals surface area contributed by atoms with Crippen molar-refractivity contribution >= 4 is 39.2 Å². The van der Waals surface area contributed by atoms with Gasteiger partial charge in [-0.1, -0.05) is 36.2 Å². The van der Waals surface area contributed by atoms with Crippen LogP contribution < -0.4 is 0 Å². The van der Waals surface area contributed by atoms with Crippen molar-refractivity contribution in [2.45, 2.75) is 42.8 Å². The van der Waals surface area contributed by atoms with Gasteiger partial charge in [0.05, 0.1) is 26.4 Å². The summed E-state index contributed by atoms with van der Waals surface area (Å²) in [6.07, 6.45) is -10.5. The van der Waals surface area contributed by atoms with Gasteiger partial charge in [0.1, 0.15) is 0 Å². The zero-order valence-corrected chi connectivity index (χ0v) is 20.7. The summed E-state index contributed by atoms with van der Waals surface area (Å²) in [7, 11) is -4.71. The lowest BCUT2D eigenvalue weighted by molar-refractivity contribution is -0.143. The van der Waals surface area contributed by atoms with E-state index in [9.17, 15) is 44.1 Å². The molecule has 0 bridgehead atoms. The summed E-state index contributed by atoms with van der Waals surface area (Å²) < 4.78 is 114. The van der Waals surface area contributed by atoms with Crippen molar-refractivity contribution in [3.05, 3.63) is 68.7 Å². The fourth-order valence-corrected chi connectivity index (χ4v) is 6.26. The fourth-order valence-electron chi connectivity index (χ4n) is 4.64. The Morgan fingerprint density at radius 1 is 1.03 bits per heavy atom. The monoisotopic (exact) mass is 577 g/mol. The molecule has 3 rings (SSSR count). The van der Waals surface area contributed by atoms with Crippen molar-refractivity contribution < 1.29 is 44.1 Å². The SMILES string of the molecule is CCC(C1(c2ccc(Cl)c(Cl)c2)CCN(C(=O)c2cc(C(F)(F)F)cc(C(F)(F)F)c2)C1)S(=O)(=O)O. The van der Waals surface area contributed by atoms with Gasteiger partial charge in [0, 0.05) is 24.1 Å². The van der Waals surface area contributed by atoms with Crippen molar-refractivity contribution in [1.82, 2.24) is 4.90 Å². The second kappa shape index (κ2) is 9.70. The van der Waals surface area contributed by atoms with Crippen LogP contribution in [0.2, 0.25) is 10.0 Å². The predicted octanol–water partition coefficient (Wildman–Crippen LogP) is 6.48. The fraction of sp³-hybridized carbons (Fsp3) is 0.409. The quantitative estimate of drug-likeness (QED) is 0.326. The van der Waals surface area contributed by atoms with Crippen LogP contribution in [0.3, 0.4) is 0 Å². The molecule has 14 heteroatoms. The van der Waals surface area contributed by atoms with Crippen LogP contribution in [-0.2, 0) is 27.9 Å². The molecular formula is C22H19Cl2F6NO4S. The molecule has 2 aromatic rings. The summed E-state index contributed by atoms with van der Waals surface area (Å²) in [6, 6.07) is 4.73. The molecule has 1 N–H and O–H groups in total. The number of halogens is 8. The summed E-state index contributed by atoms with van der Waals surface area (Å²) in [6.45, 7) is 0.854. The van der Waals surface area contributed by atoms with Gasteiger partial charge in [-0.25, -0.2) is 0 Å². The first kappa shape index (κ1) is 28.5. The number of benzene rings is 2. The van der Waals surface area contributed by atoms with Gasteiger partial charge in [0.2, 0.25) is 0 Å². The number of hydrogen-bond acceptors (Lipinski definition) is 3. The third-order valence-corrected chi connectivity index (χ3v) is 8.51. The second-order valence-electron chi connectivity index (χ2n) is 8.47. The molecule has 1 aliphatic rings. The summed E-state index contributed by atoms with van der Waals surface area (Å²) in [4.78, 5) is 14.1. The Labute approximate surface area is 212 Å². The van der Waals surface area contributed by atoms with E-state index < -0.39 is 62.3 Å². The van der Waals surface area contributed by atoms with Crippen molar-refractivity contribution in [2.75, 3.05) is 13.1 Å². The molecule has 1 amide bonds. The van der Waals surface area contributed by atoms with E-state index in [0.717, 1.165) is 4.90 Å². The van der Waals surface area contributed by atoms with E-state index in [1.807, 2.05) is 0 Å². The Kier molecular flexibility index (Phi) is 7.69. The molecule has 0 aromatic heterocycles. The second-order valence-corrected chi connectivity index (χ2v) is 10.9. The van der Waals surface area contributed by atoms with Gasteiger partial charge in [0.15, 0.2) is 0 Å². The van der Waals surface area contributed by atoms with Gasteiger partial charge in [-0.3, -0.25) is 9.35 Å². The Morgan fingerprint density at radius 3 is 2.03 bits per heavy atom. The van der Waals surface area contributed by atoms with Crippen LogP contribution >= 0.6 is 23.2 Å². The van der Waals surface area contributed by atoms with Gasteiger partial charge in [-0.2, -0.15) is 34.8 Å². The van der Waals surface area contributed by atoms with Crippen molar-refractivity contribution in [3.8, 4) is 0 Å². The van der Waals surface area contributed by atoms with Crippen LogP contribution in [0.15, 0.2) is 36.4 Å². The topological polar surface area (TPSA) is 74.7 Å². The van der Waals surface area contributed by atoms with Crippen molar-refractivity contribution in [3.63, 3.8) is 0 Å². The van der Waals surface area contributed by atoms with E-state index in [-0.39, 0.29) is 41.1 Å². The molecule has 1 aliphatic heterocycles. The van der Waals surface area contributed by atoms with Crippen LogP contribution in [-0.4, -0.2) is 42.1 Å². The van der Waals surface area contributed by atoms with Crippen molar-refractivity contribution in [2.24, 2.45) is 0 Å². The summed E-state index contributed by atoms with van der Waals surface area (Å²) >= 11 is 12.0. The van der Waals surface area contributed by atoms with E-state index in [2.05, 4.69) is 0 Å². The minimum Gasteiger partial charge on any atom is -0.338 e. The third-order valence-electron chi connectivity index (χ3n) is 6.26. The molecule has 1 fully saturated rings. The Morgan fingerprint density at radius 2 is 1.58 bits per heavy atom. The van der Waals surface area contributed by atoms with E-state index in [1.54, 1.807) is 0 Å². The molecule has 0 radical (unpaired) electrons. The molecule has 2 aromatic carbocycles. The number of likely N-dealkylation sites (tertiary alicyclic amines) is 1. The van der Waals surface area contributed by atoms with Gasteiger partial charge in [-0.05, 0) is 48.7 Å². The average Bonchev–Trinajstić information content (AvgIpc) is 3.19. The first-order chi connectivity index (χ1) is 16.4. The van der Waals surface area contributed by atoms with Crippen LogP contribution in [0, 0.1) is 0 Å². The first-order valence-corrected chi connectivity index (χ1v) is 12.7. The van der Waals surface area contributed by atoms with Crippen molar-refractivity contribution in [1.29, 1.82) is 0 Å². The highest BCUT2D eigenvalue weighted by Crippen LogP contribution is 2.44. The lowest BCUT2D eigenvalue weighted by atomic mass is 9.75. The lowest BCUT2D eigenvalue weighted by Gasteiger charge is -2.36. The molecule has 2 atom stereocenters. The number of hydrogen-bond donors (Lipinski definition) is 1. The molecule has 1 heterocycles. The van der Waals surface area contributed by atoms with Crippen LogP contribution in [0.5, 0.6) is 0 Å². The number of alkyl halides is 6. The average molecular weight is 578 g/mol. The van der Waals surface area contributed by atoms with E-state index in [0.29, 0.717) is 12.1 Å². The molecule has 0 saturated carbocycles. The standard InChI is InChI=1S/C22H19Cl2F6NO4S/c1-2-18(36(33,34)35)20(13-3-4-16(23)17(24)10-13)5-6-31(11-20)19(32)12-7-14(21(25,26)27)9-15(8-12)22(28,29)30/h3-4,7-10,18H,2,5-6,11H2,1H3,(H,33,34,35). The van der Waals surface area contributed by atoms with Crippen LogP contribution in [0.25, 0.3) is 0 Å². The zero-order chi connectivity index (χ0) is 27.3. The maximum absolute atomic E-state index is 13.3. The van der Waals surface area contributed by atoms with E-state index in [4.69, 9.17) is 23.2 Å². The Balaban J connectivity index is 2.11. The molecule has 198 valence electrons. The van der Waals surface area contributed by atoms with Gasteiger partial charge in [0.25, 0.3) is 16.0 Å². The molecule has 36 heavy (non-hydrogen) atoms. The normalized spacial score (nSPS) is 20.0. The summed E-state index contributed by atoms with van der Waals surface area (Å²) in [5.41, 5.74) is -5.33. The molecule has 1 saturated heterocycles. The largest absolute Gasteiger partial charge is 0.416 e. The highest BCUT2D eigenvalue weighted by Gasteiger charge is 2.51. The smallest absolute Gasteiger partial charge is 0.338 e. The highest BCUT2D eigenvalue weighted by molar-refractivity contribution is 7.86. The first-order valence-electron chi connectivity index (χ1n) is 10.4. The molecular weight excluding hydrogens is 559 g/mol. The summed E-state index contributed by atoms with van der Waals surface area (Å²) in [5, 5.41) is -1.26. The predicted molar refractivity (Wildman–Crippen MR) is 121 cm³/mol. The highest BCUT2D eigenvalue weighted by atomic mass is 35.5. The lowest BCUT2D eigenvalue weighted by Crippen LogP contribution is -2.47. The zero-order valence-electron chi connectivity index (χ0n) is 18.4. The molecule has 5 nitrogen and oxygen atoms in total. The van der Waals surface area contributed by atoms with Crippen LogP contribution in [0.1, 0.15) is 46.8 Å². The number of nitrogens with zero attached hydrogens (tertiary/aromatic N) is 1. The molecule has 0 aliphatic carbocycles. The van der Waals surface area contributed by atoms with E-state index >= 15 is 0 Å². The van der Waals surface area contributed by atoms with Gasteiger partial charge in [-0.15, -0.1) is 0 Å². The maximum Gasteiger partial charge on any atom is 0.416 e. The number of carbonyl (C=O) groups excluding carboxylic acids is 1. The van der Waals surface area contributed by atoms with Crippen LogP contribution in [0.4, 0.5) is 26.3 Å². The number of carbonyl (C=O) groups is 1. The minimum absolute atomic E-state index is 0.0520. The third kappa shape index (κ3) is 5.61.